The van der Waals surface area contributed by atoms with Crippen LogP contribution in [0.4, 0.5) is 4.79 Å². The molecule has 0 heterocycles. The molecular formula is C16H30N2O3. The van der Waals surface area contributed by atoms with Crippen LogP contribution < -0.4 is 10.6 Å². The number of amides is 2. The molecule has 0 bridgehead atoms. The fourth-order valence-electron chi connectivity index (χ4n) is 2.90. The van der Waals surface area contributed by atoms with E-state index in [0.29, 0.717) is 12.5 Å². The lowest BCUT2D eigenvalue weighted by Crippen LogP contribution is -2.43. The van der Waals surface area contributed by atoms with E-state index < -0.39 is 5.97 Å². The van der Waals surface area contributed by atoms with E-state index in [-0.39, 0.29) is 18.0 Å². The zero-order valence-corrected chi connectivity index (χ0v) is 13.4. The van der Waals surface area contributed by atoms with Crippen LogP contribution in [0.15, 0.2) is 0 Å². The van der Waals surface area contributed by atoms with Gasteiger partial charge in [-0.2, -0.15) is 0 Å². The van der Waals surface area contributed by atoms with Crippen LogP contribution in [-0.4, -0.2) is 29.7 Å². The maximum atomic E-state index is 11.8. The molecule has 0 radical (unpaired) electrons. The van der Waals surface area contributed by atoms with Gasteiger partial charge in [-0.3, -0.25) is 4.79 Å². The first kappa shape index (κ1) is 17.8. The standard InChI is InChI=1S/C16H30N2O3/c1-3-4-5-6-12(2)18-16(21)17-11-13-7-9-14(10-8-13)15(19)20/h12-14H,3-11H2,1-2H3,(H,19,20)(H2,17,18,21). The number of aliphatic carboxylic acids is 1. The predicted molar refractivity (Wildman–Crippen MR) is 83.2 cm³/mol. The third kappa shape index (κ3) is 7.34. The number of carboxylic acids is 1. The summed E-state index contributed by atoms with van der Waals surface area (Å²) in [6, 6.07) is 0.110. The highest BCUT2D eigenvalue weighted by Gasteiger charge is 2.25. The van der Waals surface area contributed by atoms with E-state index in [2.05, 4.69) is 17.6 Å². The number of carbonyl (C=O) groups is 2. The van der Waals surface area contributed by atoms with Gasteiger partial charge in [-0.25, -0.2) is 4.79 Å². The molecule has 3 N–H and O–H groups in total. The molecule has 122 valence electrons. The number of hydrogen-bond donors (Lipinski definition) is 3. The summed E-state index contributed by atoms with van der Waals surface area (Å²) < 4.78 is 0. The summed E-state index contributed by atoms with van der Waals surface area (Å²) in [5.41, 5.74) is 0. The summed E-state index contributed by atoms with van der Waals surface area (Å²) in [4.78, 5) is 22.7. The minimum absolute atomic E-state index is 0.0978. The number of nitrogens with one attached hydrogen (secondary N) is 2. The Hall–Kier alpha value is -1.26. The van der Waals surface area contributed by atoms with E-state index in [9.17, 15) is 9.59 Å². The van der Waals surface area contributed by atoms with Crippen LogP contribution in [0.2, 0.25) is 0 Å². The lowest BCUT2D eigenvalue weighted by molar-refractivity contribution is -0.143. The van der Waals surface area contributed by atoms with Gasteiger partial charge in [0.25, 0.3) is 0 Å². The molecule has 0 saturated heterocycles. The van der Waals surface area contributed by atoms with Gasteiger partial charge in [0.15, 0.2) is 0 Å². The highest BCUT2D eigenvalue weighted by Crippen LogP contribution is 2.28. The molecule has 5 nitrogen and oxygen atoms in total. The van der Waals surface area contributed by atoms with Crippen molar-refractivity contribution in [2.24, 2.45) is 11.8 Å². The number of carbonyl (C=O) groups excluding carboxylic acids is 1. The fraction of sp³-hybridized carbons (Fsp3) is 0.875. The van der Waals surface area contributed by atoms with Gasteiger partial charge in [0.05, 0.1) is 5.92 Å². The fourth-order valence-corrected chi connectivity index (χ4v) is 2.90. The maximum absolute atomic E-state index is 11.8. The molecule has 0 aliphatic heterocycles. The van der Waals surface area contributed by atoms with Crippen molar-refractivity contribution in [3.8, 4) is 0 Å². The molecule has 0 aromatic carbocycles. The number of urea groups is 1. The topological polar surface area (TPSA) is 78.4 Å². The van der Waals surface area contributed by atoms with E-state index in [4.69, 9.17) is 5.11 Å². The Labute approximate surface area is 127 Å². The maximum Gasteiger partial charge on any atom is 0.315 e. The van der Waals surface area contributed by atoms with Crippen molar-refractivity contribution in [2.75, 3.05) is 6.54 Å². The second kappa shape index (κ2) is 9.64. The number of rotatable bonds is 8. The molecule has 1 fully saturated rings. The van der Waals surface area contributed by atoms with Gasteiger partial charge < -0.3 is 15.7 Å². The quantitative estimate of drug-likeness (QED) is 0.602. The van der Waals surface area contributed by atoms with Crippen LogP contribution >= 0.6 is 0 Å². The molecule has 1 rings (SSSR count). The summed E-state index contributed by atoms with van der Waals surface area (Å²) in [6.07, 6.45) is 7.82. The third-order valence-electron chi connectivity index (χ3n) is 4.37. The molecule has 0 aromatic rings. The van der Waals surface area contributed by atoms with Crippen molar-refractivity contribution < 1.29 is 14.7 Å². The van der Waals surface area contributed by atoms with Crippen molar-refractivity contribution in [3.05, 3.63) is 0 Å². The number of unbranched alkanes of at least 4 members (excludes halogenated alkanes) is 2. The predicted octanol–water partition coefficient (Wildman–Crippen LogP) is 3.15. The second-order valence-corrected chi connectivity index (χ2v) is 6.31. The smallest absolute Gasteiger partial charge is 0.315 e. The van der Waals surface area contributed by atoms with Crippen LogP contribution in [-0.2, 0) is 4.79 Å². The number of hydrogen-bond acceptors (Lipinski definition) is 2. The molecule has 1 atom stereocenters. The molecule has 0 aromatic heterocycles. The van der Waals surface area contributed by atoms with Crippen LogP contribution in [0.1, 0.15) is 65.2 Å². The van der Waals surface area contributed by atoms with Crippen molar-refractivity contribution in [1.82, 2.24) is 10.6 Å². The first-order valence-electron chi connectivity index (χ1n) is 8.30. The molecule has 1 aliphatic rings. The minimum Gasteiger partial charge on any atom is -0.481 e. The lowest BCUT2D eigenvalue weighted by atomic mass is 9.82. The van der Waals surface area contributed by atoms with Gasteiger partial charge in [0, 0.05) is 12.6 Å². The van der Waals surface area contributed by atoms with E-state index in [1.807, 2.05) is 6.92 Å². The van der Waals surface area contributed by atoms with E-state index in [1.54, 1.807) is 0 Å². The molecule has 1 aliphatic carbocycles. The third-order valence-corrected chi connectivity index (χ3v) is 4.37. The molecule has 21 heavy (non-hydrogen) atoms. The zero-order chi connectivity index (χ0) is 15.7. The molecule has 1 unspecified atom stereocenters. The summed E-state index contributed by atoms with van der Waals surface area (Å²) in [7, 11) is 0. The molecule has 5 heteroatoms. The summed E-state index contributed by atoms with van der Waals surface area (Å²) in [5.74, 6) is -0.449. The van der Waals surface area contributed by atoms with Crippen LogP contribution in [0.25, 0.3) is 0 Å². The highest BCUT2D eigenvalue weighted by atomic mass is 16.4. The largest absolute Gasteiger partial charge is 0.481 e. The monoisotopic (exact) mass is 298 g/mol. The Morgan fingerprint density at radius 1 is 1.19 bits per heavy atom. The van der Waals surface area contributed by atoms with Crippen molar-refractivity contribution in [1.29, 1.82) is 0 Å². The second-order valence-electron chi connectivity index (χ2n) is 6.31. The van der Waals surface area contributed by atoms with Crippen LogP contribution in [0.3, 0.4) is 0 Å². The van der Waals surface area contributed by atoms with Gasteiger partial charge in [0.1, 0.15) is 0 Å². The van der Waals surface area contributed by atoms with Gasteiger partial charge in [0.2, 0.25) is 0 Å². The molecular weight excluding hydrogens is 268 g/mol. The van der Waals surface area contributed by atoms with Gasteiger partial charge >= 0.3 is 12.0 Å². The van der Waals surface area contributed by atoms with Crippen LogP contribution in [0.5, 0.6) is 0 Å². The Bertz CT molecular complexity index is 325. The van der Waals surface area contributed by atoms with E-state index >= 15 is 0 Å². The summed E-state index contributed by atoms with van der Waals surface area (Å²) in [6.45, 7) is 4.86. The van der Waals surface area contributed by atoms with Gasteiger partial charge in [-0.15, -0.1) is 0 Å². The minimum atomic E-state index is -0.681. The summed E-state index contributed by atoms with van der Waals surface area (Å²) >= 11 is 0. The van der Waals surface area contributed by atoms with Gasteiger partial charge in [-0.1, -0.05) is 26.2 Å². The zero-order valence-electron chi connectivity index (χ0n) is 13.4. The van der Waals surface area contributed by atoms with Crippen LogP contribution in [0, 0.1) is 11.8 Å². The van der Waals surface area contributed by atoms with E-state index in [0.717, 1.165) is 38.5 Å². The average Bonchev–Trinajstić information content (AvgIpc) is 2.46. The molecule has 0 spiro atoms. The Morgan fingerprint density at radius 3 is 2.43 bits per heavy atom. The summed E-state index contributed by atoms with van der Waals surface area (Å²) in [5, 5.41) is 14.8. The normalized spacial score (nSPS) is 23.3. The first-order valence-corrected chi connectivity index (χ1v) is 8.30. The lowest BCUT2D eigenvalue weighted by Gasteiger charge is -2.26. The van der Waals surface area contributed by atoms with Crippen molar-refractivity contribution in [3.63, 3.8) is 0 Å². The highest BCUT2D eigenvalue weighted by molar-refractivity contribution is 5.74. The Morgan fingerprint density at radius 2 is 1.86 bits per heavy atom. The van der Waals surface area contributed by atoms with Crippen molar-refractivity contribution >= 4 is 12.0 Å². The SMILES string of the molecule is CCCCCC(C)NC(=O)NCC1CCC(C(=O)O)CC1. The number of carboxylic acid groups (broad SMARTS) is 1. The van der Waals surface area contributed by atoms with Crippen molar-refractivity contribution in [2.45, 2.75) is 71.3 Å². The first-order chi connectivity index (χ1) is 10.0. The van der Waals surface area contributed by atoms with E-state index in [1.165, 1.54) is 12.8 Å². The molecule has 1 saturated carbocycles. The average molecular weight is 298 g/mol. The Balaban J connectivity index is 2.12. The molecule has 2 amide bonds. The van der Waals surface area contributed by atoms with Gasteiger partial charge in [-0.05, 0) is 44.9 Å². The Kier molecular flexibility index (Phi) is 8.16.